The number of rotatable bonds is 6. The SMILES string of the molecule is CCOc1cccc(/C(O)=C2\C(=O)C(=O)N(Cc3ccccc3)C2c2cccc(O)c2)c1. The molecular weight excluding hydrogens is 406 g/mol. The van der Waals surface area contributed by atoms with Crippen molar-refractivity contribution >= 4 is 17.4 Å². The first-order valence-electron chi connectivity index (χ1n) is 10.3. The van der Waals surface area contributed by atoms with Crippen LogP contribution in [0.1, 0.15) is 29.7 Å². The fraction of sp³-hybridized carbons (Fsp3) is 0.154. The molecule has 0 bridgehead atoms. The Labute approximate surface area is 186 Å². The minimum absolute atomic E-state index is 0.00569. The van der Waals surface area contributed by atoms with Crippen molar-refractivity contribution in [1.82, 2.24) is 4.90 Å². The Morgan fingerprint density at radius 1 is 0.969 bits per heavy atom. The van der Waals surface area contributed by atoms with E-state index in [9.17, 15) is 19.8 Å². The molecule has 32 heavy (non-hydrogen) atoms. The number of Topliss-reactive ketones (excluding diaryl/α,β-unsaturated/α-hetero) is 1. The highest BCUT2D eigenvalue weighted by atomic mass is 16.5. The van der Waals surface area contributed by atoms with Crippen LogP contribution in [0.5, 0.6) is 11.5 Å². The van der Waals surface area contributed by atoms with Gasteiger partial charge in [0.05, 0.1) is 18.2 Å². The van der Waals surface area contributed by atoms with Crippen molar-refractivity contribution in [2.75, 3.05) is 6.61 Å². The van der Waals surface area contributed by atoms with Gasteiger partial charge in [0.25, 0.3) is 11.7 Å². The topological polar surface area (TPSA) is 87.1 Å². The minimum Gasteiger partial charge on any atom is -0.508 e. The molecule has 0 spiro atoms. The maximum atomic E-state index is 13.1. The van der Waals surface area contributed by atoms with E-state index in [2.05, 4.69) is 0 Å². The van der Waals surface area contributed by atoms with Gasteiger partial charge < -0.3 is 19.8 Å². The lowest BCUT2D eigenvalue weighted by molar-refractivity contribution is -0.140. The summed E-state index contributed by atoms with van der Waals surface area (Å²) in [6, 6.07) is 21.6. The molecule has 1 unspecified atom stereocenters. The van der Waals surface area contributed by atoms with Gasteiger partial charge in [0.1, 0.15) is 17.3 Å². The largest absolute Gasteiger partial charge is 0.508 e. The molecule has 6 nitrogen and oxygen atoms in total. The van der Waals surface area contributed by atoms with E-state index < -0.39 is 17.7 Å². The van der Waals surface area contributed by atoms with Crippen molar-refractivity contribution in [3.8, 4) is 11.5 Å². The van der Waals surface area contributed by atoms with Gasteiger partial charge in [-0.15, -0.1) is 0 Å². The van der Waals surface area contributed by atoms with E-state index >= 15 is 0 Å². The molecule has 1 amide bonds. The lowest BCUT2D eigenvalue weighted by Crippen LogP contribution is -2.29. The monoisotopic (exact) mass is 429 g/mol. The fourth-order valence-electron chi connectivity index (χ4n) is 3.92. The second kappa shape index (κ2) is 8.98. The number of hydrogen-bond donors (Lipinski definition) is 2. The molecule has 0 saturated carbocycles. The summed E-state index contributed by atoms with van der Waals surface area (Å²) in [6.07, 6.45) is 0. The zero-order valence-corrected chi connectivity index (χ0v) is 17.6. The van der Waals surface area contributed by atoms with Crippen LogP contribution in [-0.2, 0) is 16.1 Å². The molecule has 162 valence electrons. The highest BCUT2D eigenvalue weighted by Crippen LogP contribution is 2.41. The van der Waals surface area contributed by atoms with Crippen molar-refractivity contribution in [1.29, 1.82) is 0 Å². The molecule has 1 atom stereocenters. The van der Waals surface area contributed by atoms with Crippen molar-refractivity contribution in [2.45, 2.75) is 19.5 Å². The number of phenolic OH excluding ortho intramolecular Hbond substituents is 1. The van der Waals surface area contributed by atoms with Crippen LogP contribution in [0.3, 0.4) is 0 Å². The molecule has 4 rings (SSSR count). The normalized spacial score (nSPS) is 17.5. The number of aliphatic hydroxyl groups excluding tert-OH is 1. The number of carbonyl (C=O) groups is 2. The molecule has 0 radical (unpaired) electrons. The summed E-state index contributed by atoms with van der Waals surface area (Å²) in [6.45, 7) is 2.49. The van der Waals surface area contributed by atoms with Crippen LogP contribution in [0.15, 0.2) is 84.4 Å². The van der Waals surface area contributed by atoms with Crippen molar-refractivity contribution < 1.29 is 24.5 Å². The minimum atomic E-state index is -0.849. The zero-order valence-electron chi connectivity index (χ0n) is 17.6. The van der Waals surface area contributed by atoms with Gasteiger partial charge in [-0.25, -0.2) is 0 Å². The summed E-state index contributed by atoms with van der Waals surface area (Å²) in [4.78, 5) is 27.6. The van der Waals surface area contributed by atoms with Crippen LogP contribution in [0.4, 0.5) is 0 Å². The van der Waals surface area contributed by atoms with Gasteiger partial charge in [-0.3, -0.25) is 9.59 Å². The Balaban J connectivity index is 1.85. The lowest BCUT2D eigenvalue weighted by atomic mass is 9.95. The van der Waals surface area contributed by atoms with Crippen LogP contribution in [0.2, 0.25) is 0 Å². The first kappa shape index (κ1) is 21.2. The van der Waals surface area contributed by atoms with E-state index in [1.807, 2.05) is 37.3 Å². The fourth-order valence-corrected chi connectivity index (χ4v) is 3.92. The molecule has 1 saturated heterocycles. The van der Waals surface area contributed by atoms with Gasteiger partial charge in [0.2, 0.25) is 0 Å². The predicted octanol–water partition coefficient (Wildman–Crippen LogP) is 4.41. The van der Waals surface area contributed by atoms with Crippen LogP contribution in [0.25, 0.3) is 5.76 Å². The van der Waals surface area contributed by atoms with Crippen LogP contribution < -0.4 is 4.74 Å². The molecule has 1 aliphatic heterocycles. The third kappa shape index (κ3) is 4.07. The van der Waals surface area contributed by atoms with Crippen molar-refractivity contribution in [2.24, 2.45) is 0 Å². The van der Waals surface area contributed by atoms with Crippen molar-refractivity contribution in [3.05, 3.63) is 101 Å². The molecule has 2 N–H and O–H groups in total. The third-order valence-corrected chi connectivity index (χ3v) is 5.34. The first-order chi connectivity index (χ1) is 15.5. The maximum Gasteiger partial charge on any atom is 0.295 e. The Bertz CT molecular complexity index is 1190. The van der Waals surface area contributed by atoms with Gasteiger partial charge >= 0.3 is 0 Å². The van der Waals surface area contributed by atoms with Gasteiger partial charge in [-0.1, -0.05) is 54.6 Å². The molecule has 0 aromatic heterocycles. The molecule has 1 heterocycles. The summed E-state index contributed by atoms with van der Waals surface area (Å²) >= 11 is 0. The van der Waals surface area contributed by atoms with Gasteiger partial charge in [-0.05, 0) is 42.3 Å². The Kier molecular flexibility index (Phi) is 5.94. The lowest BCUT2D eigenvalue weighted by Gasteiger charge is -2.25. The van der Waals surface area contributed by atoms with E-state index in [-0.39, 0.29) is 23.6 Å². The third-order valence-electron chi connectivity index (χ3n) is 5.34. The second-order valence-corrected chi connectivity index (χ2v) is 7.47. The molecule has 0 aliphatic carbocycles. The maximum absolute atomic E-state index is 13.1. The zero-order chi connectivity index (χ0) is 22.7. The highest BCUT2D eigenvalue weighted by molar-refractivity contribution is 6.46. The first-order valence-corrected chi connectivity index (χ1v) is 10.3. The summed E-state index contributed by atoms with van der Waals surface area (Å²) in [5, 5.41) is 21.2. The number of phenols is 1. The molecular formula is C26H23NO5. The molecule has 6 heteroatoms. The highest BCUT2D eigenvalue weighted by Gasteiger charge is 2.46. The number of amides is 1. The number of ether oxygens (including phenoxy) is 1. The summed E-state index contributed by atoms with van der Waals surface area (Å²) in [7, 11) is 0. The number of aliphatic hydroxyl groups is 1. The van der Waals surface area contributed by atoms with Crippen LogP contribution in [-0.4, -0.2) is 33.4 Å². The van der Waals surface area contributed by atoms with E-state index in [1.54, 1.807) is 36.4 Å². The summed E-state index contributed by atoms with van der Waals surface area (Å²) in [5.41, 5.74) is 1.73. The molecule has 1 fully saturated rings. The van der Waals surface area contributed by atoms with Gasteiger partial charge in [0, 0.05) is 12.1 Å². The van der Waals surface area contributed by atoms with Crippen LogP contribution in [0, 0.1) is 0 Å². The number of carbonyl (C=O) groups excluding carboxylic acids is 2. The number of likely N-dealkylation sites (tertiary alicyclic amines) is 1. The number of nitrogens with zero attached hydrogens (tertiary/aromatic N) is 1. The summed E-state index contributed by atoms with van der Waals surface area (Å²) < 4.78 is 5.51. The van der Waals surface area contributed by atoms with Gasteiger partial charge in [-0.2, -0.15) is 0 Å². The van der Waals surface area contributed by atoms with E-state index in [4.69, 9.17) is 4.74 Å². The summed E-state index contributed by atoms with van der Waals surface area (Å²) in [5.74, 6) is -1.21. The predicted molar refractivity (Wildman–Crippen MR) is 120 cm³/mol. The van der Waals surface area contributed by atoms with E-state index in [1.165, 1.54) is 17.0 Å². The standard InChI is InChI=1S/C26H23NO5/c1-2-32-21-13-7-11-19(15-21)24(29)22-23(18-10-6-12-20(28)14-18)27(26(31)25(22)30)16-17-8-4-3-5-9-17/h3-15,23,28-29H,2,16H2,1H3/b24-22+. The average molecular weight is 429 g/mol. The van der Waals surface area contributed by atoms with Crippen molar-refractivity contribution in [3.63, 3.8) is 0 Å². The number of hydrogen-bond acceptors (Lipinski definition) is 5. The Morgan fingerprint density at radius 2 is 1.72 bits per heavy atom. The molecule has 1 aliphatic rings. The van der Waals surface area contributed by atoms with Crippen LogP contribution >= 0.6 is 0 Å². The quantitative estimate of drug-likeness (QED) is 0.344. The number of ketones is 1. The molecule has 3 aromatic rings. The van der Waals surface area contributed by atoms with E-state index in [0.717, 1.165) is 5.56 Å². The Hall–Kier alpha value is -4.06. The van der Waals surface area contributed by atoms with E-state index in [0.29, 0.717) is 23.5 Å². The number of benzene rings is 3. The smallest absolute Gasteiger partial charge is 0.295 e. The number of aromatic hydroxyl groups is 1. The van der Waals surface area contributed by atoms with Gasteiger partial charge in [0.15, 0.2) is 0 Å². The molecule has 3 aromatic carbocycles. The average Bonchev–Trinajstić information content (AvgIpc) is 3.05. The Morgan fingerprint density at radius 3 is 2.44 bits per heavy atom. The second-order valence-electron chi connectivity index (χ2n) is 7.47.